The third kappa shape index (κ3) is 5.25. The van der Waals surface area contributed by atoms with E-state index < -0.39 is 0 Å². The van der Waals surface area contributed by atoms with E-state index in [-0.39, 0.29) is 17.7 Å². The van der Waals surface area contributed by atoms with E-state index in [2.05, 4.69) is 17.1 Å². The van der Waals surface area contributed by atoms with Gasteiger partial charge < -0.3 is 15.0 Å². The van der Waals surface area contributed by atoms with Gasteiger partial charge in [-0.25, -0.2) is 0 Å². The maximum atomic E-state index is 12.2. The van der Waals surface area contributed by atoms with Gasteiger partial charge in [0.05, 0.1) is 6.61 Å². The fraction of sp³-hybridized carbons (Fsp3) is 0.875. The molecule has 0 aromatic heterocycles. The lowest BCUT2D eigenvalue weighted by molar-refractivity contribution is -0.131. The van der Waals surface area contributed by atoms with Crippen LogP contribution in [0.1, 0.15) is 26.2 Å². The molecular weight excluding hydrogens is 282 g/mol. The highest BCUT2D eigenvalue weighted by atomic mass is 16.5. The summed E-state index contributed by atoms with van der Waals surface area (Å²) in [6.07, 6.45) is 2.40. The molecule has 6 heteroatoms. The molecule has 1 saturated heterocycles. The van der Waals surface area contributed by atoms with Crippen molar-refractivity contribution in [2.45, 2.75) is 26.2 Å². The quantitative estimate of drug-likeness (QED) is 0.736. The Balaban J connectivity index is 1.63. The molecule has 2 fully saturated rings. The SMILES string of the molecule is COCCN1CCCN(C(=O)CCNC(=O)[C@H]2C[C@@H]2C)CC1. The zero-order valence-corrected chi connectivity index (χ0v) is 13.8. The van der Waals surface area contributed by atoms with E-state index in [1.54, 1.807) is 7.11 Å². The lowest BCUT2D eigenvalue weighted by atomic mass is 10.3. The van der Waals surface area contributed by atoms with Crippen molar-refractivity contribution in [1.29, 1.82) is 0 Å². The highest BCUT2D eigenvalue weighted by molar-refractivity contribution is 5.82. The summed E-state index contributed by atoms with van der Waals surface area (Å²) in [6, 6.07) is 0. The van der Waals surface area contributed by atoms with Crippen LogP contribution in [0.4, 0.5) is 0 Å². The van der Waals surface area contributed by atoms with Crippen LogP contribution in [0.3, 0.4) is 0 Å². The second kappa shape index (κ2) is 8.48. The van der Waals surface area contributed by atoms with Gasteiger partial charge in [0.1, 0.15) is 0 Å². The van der Waals surface area contributed by atoms with Gasteiger partial charge in [-0.2, -0.15) is 0 Å². The lowest BCUT2D eigenvalue weighted by Crippen LogP contribution is -2.38. The second-order valence-electron chi connectivity index (χ2n) is 6.43. The second-order valence-corrected chi connectivity index (χ2v) is 6.43. The number of methoxy groups -OCH3 is 1. The minimum Gasteiger partial charge on any atom is -0.383 e. The third-order valence-corrected chi connectivity index (χ3v) is 4.64. The number of hydrogen-bond donors (Lipinski definition) is 1. The molecule has 2 atom stereocenters. The Labute approximate surface area is 133 Å². The van der Waals surface area contributed by atoms with Crippen LogP contribution in [0.15, 0.2) is 0 Å². The number of carbonyl (C=O) groups excluding carboxylic acids is 2. The van der Waals surface area contributed by atoms with E-state index in [9.17, 15) is 9.59 Å². The summed E-state index contributed by atoms with van der Waals surface area (Å²) in [7, 11) is 1.71. The number of amides is 2. The summed E-state index contributed by atoms with van der Waals surface area (Å²) in [6.45, 7) is 7.72. The standard InChI is InChI=1S/C16H29N3O3/c1-13-12-14(13)16(21)17-5-4-15(20)19-7-3-6-18(8-9-19)10-11-22-2/h13-14H,3-12H2,1-2H3,(H,17,21)/t13-,14-/m0/s1. The first-order valence-corrected chi connectivity index (χ1v) is 8.38. The molecule has 2 amide bonds. The topological polar surface area (TPSA) is 61.9 Å². The molecule has 0 aromatic rings. The van der Waals surface area contributed by atoms with Crippen molar-refractivity contribution < 1.29 is 14.3 Å². The van der Waals surface area contributed by atoms with Gasteiger partial charge in [0.2, 0.25) is 11.8 Å². The largest absolute Gasteiger partial charge is 0.383 e. The zero-order valence-electron chi connectivity index (χ0n) is 13.8. The minimum atomic E-state index is 0.113. The maximum absolute atomic E-state index is 12.2. The number of rotatable bonds is 7. The van der Waals surface area contributed by atoms with E-state index in [1.807, 2.05) is 4.90 Å². The Morgan fingerprint density at radius 2 is 2.00 bits per heavy atom. The Kier molecular flexibility index (Phi) is 6.64. The third-order valence-electron chi connectivity index (χ3n) is 4.64. The van der Waals surface area contributed by atoms with Crippen molar-refractivity contribution in [1.82, 2.24) is 15.1 Å². The Morgan fingerprint density at radius 3 is 2.68 bits per heavy atom. The number of ether oxygens (including phenoxy) is 1. The molecule has 1 aliphatic carbocycles. The average Bonchev–Trinajstić information content (AvgIpc) is 3.27. The van der Waals surface area contributed by atoms with Crippen molar-refractivity contribution in [2.75, 3.05) is 53.0 Å². The van der Waals surface area contributed by atoms with Crippen molar-refractivity contribution in [3.05, 3.63) is 0 Å². The first-order valence-electron chi connectivity index (χ1n) is 8.38. The molecule has 1 heterocycles. The number of hydrogen-bond acceptors (Lipinski definition) is 4. The van der Waals surface area contributed by atoms with Crippen molar-refractivity contribution in [2.24, 2.45) is 11.8 Å². The van der Waals surface area contributed by atoms with Crippen LogP contribution >= 0.6 is 0 Å². The van der Waals surface area contributed by atoms with Gasteiger partial charge in [-0.1, -0.05) is 6.92 Å². The molecule has 2 rings (SSSR count). The van der Waals surface area contributed by atoms with Crippen LogP contribution in [0, 0.1) is 11.8 Å². The predicted molar refractivity (Wildman–Crippen MR) is 84.4 cm³/mol. The lowest BCUT2D eigenvalue weighted by Gasteiger charge is -2.22. The minimum absolute atomic E-state index is 0.113. The fourth-order valence-electron chi connectivity index (χ4n) is 2.93. The fourth-order valence-corrected chi connectivity index (χ4v) is 2.93. The van der Waals surface area contributed by atoms with Gasteiger partial charge in [-0.05, 0) is 25.3 Å². The molecule has 0 spiro atoms. The molecule has 1 aliphatic heterocycles. The number of carbonyl (C=O) groups is 2. The van der Waals surface area contributed by atoms with Crippen molar-refractivity contribution in [3.63, 3.8) is 0 Å². The van der Waals surface area contributed by atoms with Gasteiger partial charge in [-0.15, -0.1) is 0 Å². The molecule has 1 saturated carbocycles. The highest BCUT2D eigenvalue weighted by Gasteiger charge is 2.38. The van der Waals surface area contributed by atoms with Crippen molar-refractivity contribution in [3.8, 4) is 0 Å². The van der Waals surface area contributed by atoms with Gasteiger partial charge >= 0.3 is 0 Å². The van der Waals surface area contributed by atoms with Gasteiger partial charge in [0.25, 0.3) is 0 Å². The summed E-state index contributed by atoms with van der Waals surface area (Å²) in [4.78, 5) is 28.2. The van der Waals surface area contributed by atoms with Crippen LogP contribution in [0.5, 0.6) is 0 Å². The van der Waals surface area contributed by atoms with E-state index in [4.69, 9.17) is 4.74 Å². The predicted octanol–water partition coefficient (Wildman–Crippen LogP) is 0.329. The molecule has 6 nitrogen and oxygen atoms in total. The van der Waals surface area contributed by atoms with E-state index in [1.165, 1.54) is 0 Å². The first kappa shape index (κ1) is 17.2. The molecule has 0 bridgehead atoms. The monoisotopic (exact) mass is 311 g/mol. The van der Waals surface area contributed by atoms with Crippen LogP contribution in [-0.2, 0) is 14.3 Å². The Bertz CT molecular complexity index is 389. The highest BCUT2D eigenvalue weighted by Crippen LogP contribution is 2.37. The summed E-state index contributed by atoms with van der Waals surface area (Å²) < 4.78 is 5.10. The summed E-state index contributed by atoms with van der Waals surface area (Å²) in [5, 5.41) is 2.88. The maximum Gasteiger partial charge on any atom is 0.224 e. The summed E-state index contributed by atoms with van der Waals surface area (Å²) >= 11 is 0. The molecule has 126 valence electrons. The molecule has 0 aromatic carbocycles. The molecule has 0 radical (unpaired) electrons. The van der Waals surface area contributed by atoms with E-state index in [0.29, 0.717) is 18.9 Å². The van der Waals surface area contributed by atoms with Crippen LogP contribution in [-0.4, -0.2) is 74.6 Å². The Hall–Kier alpha value is -1.14. The van der Waals surface area contributed by atoms with Gasteiger partial charge in [0.15, 0.2) is 0 Å². The smallest absolute Gasteiger partial charge is 0.224 e. The first-order chi connectivity index (χ1) is 10.6. The molecule has 1 N–H and O–H groups in total. The van der Waals surface area contributed by atoms with Crippen molar-refractivity contribution >= 4 is 11.8 Å². The van der Waals surface area contributed by atoms with E-state index in [0.717, 1.165) is 52.2 Å². The molecule has 0 unspecified atom stereocenters. The van der Waals surface area contributed by atoms with Gasteiger partial charge in [0, 0.05) is 52.2 Å². The zero-order chi connectivity index (χ0) is 15.9. The molecule has 22 heavy (non-hydrogen) atoms. The van der Waals surface area contributed by atoms with Crippen LogP contribution < -0.4 is 5.32 Å². The normalized spacial score (nSPS) is 25.6. The summed E-state index contributed by atoms with van der Waals surface area (Å²) in [5.41, 5.74) is 0. The van der Waals surface area contributed by atoms with Crippen LogP contribution in [0.2, 0.25) is 0 Å². The summed E-state index contributed by atoms with van der Waals surface area (Å²) in [5.74, 6) is 0.960. The Morgan fingerprint density at radius 1 is 1.23 bits per heavy atom. The van der Waals surface area contributed by atoms with E-state index >= 15 is 0 Å². The number of nitrogens with one attached hydrogen (secondary N) is 1. The average molecular weight is 311 g/mol. The number of nitrogens with zero attached hydrogens (tertiary/aromatic N) is 2. The molecule has 2 aliphatic rings. The van der Waals surface area contributed by atoms with Gasteiger partial charge in [-0.3, -0.25) is 14.5 Å². The molecular formula is C16H29N3O3. The van der Waals surface area contributed by atoms with Crippen LogP contribution in [0.25, 0.3) is 0 Å².